The number of hydrogen-bond acceptors (Lipinski definition) is 6. The van der Waals surface area contributed by atoms with Crippen molar-refractivity contribution < 1.29 is 0 Å². The number of anilines is 2. The fraction of sp³-hybridized carbons (Fsp3) is 0.294. The zero-order chi connectivity index (χ0) is 16.2. The Labute approximate surface area is 136 Å². The monoisotopic (exact) mass is 310 g/mol. The van der Waals surface area contributed by atoms with E-state index in [2.05, 4.69) is 40.4 Å². The molecule has 0 bridgehead atoms. The summed E-state index contributed by atoms with van der Waals surface area (Å²) in [5.41, 5.74) is 15.7. The highest BCUT2D eigenvalue weighted by Gasteiger charge is 2.25. The van der Waals surface area contributed by atoms with Gasteiger partial charge in [-0.15, -0.1) is 0 Å². The van der Waals surface area contributed by atoms with Gasteiger partial charge in [-0.3, -0.25) is 4.98 Å². The van der Waals surface area contributed by atoms with Crippen LogP contribution in [0.2, 0.25) is 0 Å². The third-order valence-electron chi connectivity index (χ3n) is 4.03. The summed E-state index contributed by atoms with van der Waals surface area (Å²) < 4.78 is 0. The molecular formula is C17H22N6. The molecule has 1 atom stereocenters. The molecular weight excluding hydrogens is 288 g/mol. The standard InChI is InChI=1S/C17H22N6/c1-11(18)20-8-4-7-15-17(19)22-10-16(23-15)13-9-21-14-6-3-2-5-12(13)14/h2-3,5-6,10,13,20-21H,1,4,7-9,18H2,(H2,19,22). The Hall–Kier alpha value is -2.76. The molecule has 2 heterocycles. The van der Waals surface area contributed by atoms with Crippen LogP contribution < -0.4 is 22.1 Å². The van der Waals surface area contributed by atoms with Crippen molar-refractivity contribution in [3.8, 4) is 0 Å². The molecule has 1 aliphatic rings. The van der Waals surface area contributed by atoms with E-state index in [1.807, 2.05) is 6.07 Å². The smallest absolute Gasteiger partial charge is 0.145 e. The zero-order valence-corrected chi connectivity index (χ0v) is 13.0. The average molecular weight is 310 g/mol. The first-order valence-electron chi connectivity index (χ1n) is 7.77. The van der Waals surface area contributed by atoms with Crippen LogP contribution in [0.25, 0.3) is 0 Å². The van der Waals surface area contributed by atoms with Gasteiger partial charge in [-0.25, -0.2) is 4.98 Å². The van der Waals surface area contributed by atoms with Gasteiger partial charge in [0.2, 0.25) is 0 Å². The SMILES string of the molecule is C=C(N)NCCCc1nc(C2CNc3ccccc32)cnc1N. The molecule has 0 saturated heterocycles. The third kappa shape index (κ3) is 3.36. The molecule has 0 amide bonds. The van der Waals surface area contributed by atoms with Crippen LogP contribution in [-0.2, 0) is 6.42 Å². The molecule has 2 aromatic rings. The van der Waals surface area contributed by atoms with Crippen LogP contribution in [0.5, 0.6) is 0 Å². The van der Waals surface area contributed by atoms with E-state index in [0.717, 1.165) is 37.3 Å². The van der Waals surface area contributed by atoms with E-state index in [9.17, 15) is 0 Å². The minimum Gasteiger partial charge on any atom is -0.386 e. The maximum atomic E-state index is 5.97. The molecule has 6 nitrogen and oxygen atoms in total. The Balaban J connectivity index is 1.74. The fourth-order valence-electron chi connectivity index (χ4n) is 2.86. The van der Waals surface area contributed by atoms with Crippen LogP contribution in [0.15, 0.2) is 42.9 Å². The van der Waals surface area contributed by atoms with Crippen LogP contribution in [0, 0.1) is 0 Å². The third-order valence-corrected chi connectivity index (χ3v) is 4.03. The second kappa shape index (κ2) is 6.56. The van der Waals surface area contributed by atoms with Crippen molar-refractivity contribution in [1.82, 2.24) is 15.3 Å². The number of nitrogens with one attached hydrogen (secondary N) is 2. The van der Waals surface area contributed by atoms with Crippen LogP contribution in [0.1, 0.15) is 29.3 Å². The first-order chi connectivity index (χ1) is 11.1. The maximum absolute atomic E-state index is 5.97. The lowest BCUT2D eigenvalue weighted by Gasteiger charge is -2.12. The average Bonchev–Trinajstić information content (AvgIpc) is 2.97. The predicted molar refractivity (Wildman–Crippen MR) is 92.9 cm³/mol. The molecule has 1 aliphatic heterocycles. The minimum atomic E-state index is 0.222. The molecule has 0 fully saturated rings. The summed E-state index contributed by atoms with van der Waals surface area (Å²) in [5.74, 6) is 1.20. The van der Waals surface area contributed by atoms with Crippen molar-refractivity contribution in [3.63, 3.8) is 0 Å². The van der Waals surface area contributed by atoms with Gasteiger partial charge in [-0.2, -0.15) is 0 Å². The molecule has 1 aromatic carbocycles. The second-order valence-corrected chi connectivity index (χ2v) is 5.70. The van der Waals surface area contributed by atoms with Crippen LogP contribution >= 0.6 is 0 Å². The first kappa shape index (κ1) is 15.1. The van der Waals surface area contributed by atoms with Gasteiger partial charge in [0, 0.05) is 24.7 Å². The lowest BCUT2D eigenvalue weighted by atomic mass is 9.98. The van der Waals surface area contributed by atoms with Gasteiger partial charge < -0.3 is 22.1 Å². The summed E-state index contributed by atoms with van der Waals surface area (Å²) in [6, 6.07) is 8.31. The van der Waals surface area contributed by atoms with Crippen molar-refractivity contribution in [2.75, 3.05) is 24.1 Å². The van der Waals surface area contributed by atoms with Gasteiger partial charge in [0.15, 0.2) is 0 Å². The largest absolute Gasteiger partial charge is 0.386 e. The van der Waals surface area contributed by atoms with Crippen molar-refractivity contribution >= 4 is 11.5 Å². The van der Waals surface area contributed by atoms with Gasteiger partial charge in [0.25, 0.3) is 0 Å². The van der Waals surface area contributed by atoms with E-state index >= 15 is 0 Å². The number of nitrogen functional groups attached to an aromatic ring is 1. The van der Waals surface area contributed by atoms with Crippen molar-refractivity contribution in [3.05, 3.63) is 59.8 Å². The Morgan fingerprint density at radius 2 is 2.22 bits per heavy atom. The normalized spacial score (nSPS) is 15.7. The Bertz CT molecular complexity index is 712. The van der Waals surface area contributed by atoms with Crippen LogP contribution in [-0.4, -0.2) is 23.1 Å². The highest BCUT2D eigenvalue weighted by atomic mass is 15.0. The number of benzene rings is 1. The number of nitrogens with zero attached hydrogens (tertiary/aromatic N) is 2. The van der Waals surface area contributed by atoms with E-state index in [0.29, 0.717) is 11.6 Å². The fourth-order valence-corrected chi connectivity index (χ4v) is 2.86. The molecule has 1 aromatic heterocycles. The summed E-state index contributed by atoms with van der Waals surface area (Å²) >= 11 is 0. The summed E-state index contributed by atoms with van der Waals surface area (Å²) in [7, 11) is 0. The van der Waals surface area contributed by atoms with E-state index in [-0.39, 0.29) is 5.92 Å². The van der Waals surface area contributed by atoms with Crippen LogP contribution in [0.4, 0.5) is 11.5 Å². The highest BCUT2D eigenvalue weighted by molar-refractivity contribution is 5.60. The molecule has 0 radical (unpaired) electrons. The molecule has 120 valence electrons. The summed E-state index contributed by atoms with van der Waals surface area (Å²) in [4.78, 5) is 9.10. The molecule has 0 saturated carbocycles. The number of aryl methyl sites for hydroxylation is 1. The molecule has 23 heavy (non-hydrogen) atoms. The van der Waals surface area contributed by atoms with E-state index in [1.54, 1.807) is 6.20 Å². The van der Waals surface area contributed by atoms with Gasteiger partial charge in [0.05, 0.1) is 23.4 Å². The first-order valence-corrected chi connectivity index (χ1v) is 7.77. The molecule has 6 N–H and O–H groups in total. The summed E-state index contributed by atoms with van der Waals surface area (Å²) in [5, 5.41) is 6.42. The number of para-hydroxylation sites is 1. The van der Waals surface area contributed by atoms with Crippen LogP contribution in [0.3, 0.4) is 0 Å². The molecule has 1 unspecified atom stereocenters. The lowest BCUT2D eigenvalue weighted by Crippen LogP contribution is -2.20. The number of hydrogen-bond donors (Lipinski definition) is 4. The number of fused-ring (bicyclic) bond motifs is 1. The highest BCUT2D eigenvalue weighted by Crippen LogP contribution is 2.35. The van der Waals surface area contributed by atoms with E-state index < -0.39 is 0 Å². The number of rotatable bonds is 6. The quantitative estimate of drug-likeness (QED) is 0.604. The lowest BCUT2D eigenvalue weighted by molar-refractivity contribution is 0.704. The van der Waals surface area contributed by atoms with Gasteiger partial charge in [-0.05, 0) is 24.5 Å². The maximum Gasteiger partial charge on any atom is 0.145 e. The Kier molecular flexibility index (Phi) is 4.32. The zero-order valence-electron chi connectivity index (χ0n) is 13.0. The van der Waals surface area contributed by atoms with E-state index in [4.69, 9.17) is 16.5 Å². The van der Waals surface area contributed by atoms with E-state index in [1.165, 1.54) is 11.3 Å². The summed E-state index contributed by atoms with van der Waals surface area (Å²) in [6.07, 6.45) is 3.42. The van der Waals surface area contributed by atoms with Crippen molar-refractivity contribution in [2.24, 2.45) is 5.73 Å². The van der Waals surface area contributed by atoms with Gasteiger partial charge in [0.1, 0.15) is 5.82 Å². The minimum absolute atomic E-state index is 0.222. The van der Waals surface area contributed by atoms with Gasteiger partial charge in [-0.1, -0.05) is 24.8 Å². The second-order valence-electron chi connectivity index (χ2n) is 5.70. The van der Waals surface area contributed by atoms with Crippen molar-refractivity contribution in [2.45, 2.75) is 18.8 Å². The number of aromatic nitrogens is 2. The Morgan fingerprint density at radius 3 is 3.04 bits per heavy atom. The molecule has 0 aliphatic carbocycles. The number of nitrogens with two attached hydrogens (primary N) is 2. The summed E-state index contributed by atoms with van der Waals surface area (Å²) in [6.45, 7) is 5.20. The predicted octanol–water partition coefficient (Wildman–Crippen LogP) is 1.57. The van der Waals surface area contributed by atoms with Crippen molar-refractivity contribution in [1.29, 1.82) is 0 Å². The molecule has 3 rings (SSSR count). The molecule has 0 spiro atoms. The topological polar surface area (TPSA) is 102 Å². The van der Waals surface area contributed by atoms with Gasteiger partial charge >= 0.3 is 0 Å². The Morgan fingerprint density at radius 1 is 1.39 bits per heavy atom. The molecule has 6 heteroatoms.